The van der Waals surface area contributed by atoms with Crippen LogP contribution in [0.3, 0.4) is 0 Å². The first-order valence-corrected chi connectivity index (χ1v) is 5.34. The van der Waals surface area contributed by atoms with Crippen LogP contribution in [0.25, 0.3) is 0 Å². The molecule has 1 N–H and O–H groups in total. The van der Waals surface area contributed by atoms with Gasteiger partial charge < -0.3 is 9.73 Å². The summed E-state index contributed by atoms with van der Waals surface area (Å²) in [5.74, 6) is -0.844. The summed E-state index contributed by atoms with van der Waals surface area (Å²) in [5.41, 5.74) is 1.27. The van der Waals surface area contributed by atoms with Crippen molar-refractivity contribution in [1.29, 1.82) is 0 Å². The van der Waals surface area contributed by atoms with E-state index in [4.69, 9.17) is 4.42 Å². The zero-order valence-corrected chi connectivity index (χ0v) is 9.41. The van der Waals surface area contributed by atoms with E-state index in [0.717, 1.165) is 17.7 Å². The van der Waals surface area contributed by atoms with Gasteiger partial charge in [0.1, 0.15) is 11.6 Å². The number of halogens is 2. The zero-order chi connectivity index (χ0) is 12.3. The van der Waals surface area contributed by atoms with Gasteiger partial charge in [-0.3, -0.25) is 0 Å². The molecule has 0 saturated heterocycles. The second kappa shape index (κ2) is 5.10. The zero-order valence-electron chi connectivity index (χ0n) is 9.41. The maximum Gasteiger partial charge on any atom is 0.128 e. The second-order valence-electron chi connectivity index (χ2n) is 3.84. The Hall–Kier alpha value is -1.68. The maximum atomic E-state index is 13.6. The molecule has 0 fully saturated rings. The fourth-order valence-electron chi connectivity index (χ4n) is 1.79. The molecule has 0 bridgehead atoms. The Morgan fingerprint density at radius 2 is 2.12 bits per heavy atom. The first-order valence-electron chi connectivity index (χ1n) is 5.34. The number of rotatable bonds is 4. The fraction of sp³-hybridized carbons (Fsp3) is 0.231. The molecule has 1 unspecified atom stereocenters. The maximum absolute atomic E-state index is 13.6. The molecule has 4 heteroatoms. The summed E-state index contributed by atoms with van der Waals surface area (Å²) < 4.78 is 31.7. The minimum absolute atomic E-state index is 0.275. The van der Waals surface area contributed by atoms with Crippen LogP contribution >= 0.6 is 0 Å². The summed E-state index contributed by atoms with van der Waals surface area (Å²) in [6.45, 7) is 0. The van der Waals surface area contributed by atoms with E-state index in [1.807, 2.05) is 6.07 Å². The van der Waals surface area contributed by atoms with E-state index in [2.05, 4.69) is 5.32 Å². The summed E-state index contributed by atoms with van der Waals surface area (Å²) in [5, 5.41) is 2.98. The van der Waals surface area contributed by atoms with E-state index in [1.165, 1.54) is 6.07 Å². The summed E-state index contributed by atoms with van der Waals surface area (Å²) >= 11 is 0. The number of likely N-dealkylation sites (N-methyl/N-ethyl adjacent to an activating group) is 1. The SMILES string of the molecule is CNC(Cc1ccoc1)c1cc(F)ccc1F. The molecular formula is C13H13F2NO. The van der Waals surface area contributed by atoms with E-state index in [0.29, 0.717) is 12.0 Å². The lowest BCUT2D eigenvalue weighted by Gasteiger charge is -2.16. The smallest absolute Gasteiger partial charge is 0.128 e. The Labute approximate surface area is 98.3 Å². The molecule has 0 aliphatic heterocycles. The highest BCUT2D eigenvalue weighted by molar-refractivity contribution is 5.24. The minimum Gasteiger partial charge on any atom is -0.472 e. The average molecular weight is 237 g/mol. The first-order chi connectivity index (χ1) is 8.20. The van der Waals surface area contributed by atoms with Crippen molar-refractivity contribution >= 4 is 0 Å². The molecule has 0 amide bonds. The molecule has 1 heterocycles. The second-order valence-corrected chi connectivity index (χ2v) is 3.84. The van der Waals surface area contributed by atoms with Crippen molar-refractivity contribution in [3.05, 3.63) is 59.6 Å². The van der Waals surface area contributed by atoms with Gasteiger partial charge in [-0.1, -0.05) is 0 Å². The molecule has 1 aromatic carbocycles. The van der Waals surface area contributed by atoms with Crippen LogP contribution in [0.5, 0.6) is 0 Å². The molecule has 0 spiro atoms. The van der Waals surface area contributed by atoms with Gasteiger partial charge in [-0.15, -0.1) is 0 Å². The number of benzene rings is 1. The van der Waals surface area contributed by atoms with Gasteiger partial charge >= 0.3 is 0 Å². The lowest BCUT2D eigenvalue weighted by atomic mass is 10.00. The molecule has 1 aromatic heterocycles. The van der Waals surface area contributed by atoms with E-state index >= 15 is 0 Å². The Balaban J connectivity index is 2.25. The van der Waals surface area contributed by atoms with E-state index < -0.39 is 11.6 Å². The van der Waals surface area contributed by atoms with Crippen LogP contribution in [0.15, 0.2) is 41.2 Å². The molecule has 0 aliphatic rings. The van der Waals surface area contributed by atoms with Crippen LogP contribution < -0.4 is 5.32 Å². The molecule has 2 nitrogen and oxygen atoms in total. The van der Waals surface area contributed by atoms with Crippen LogP contribution in [0.2, 0.25) is 0 Å². The van der Waals surface area contributed by atoms with Crippen molar-refractivity contribution in [2.45, 2.75) is 12.5 Å². The summed E-state index contributed by atoms with van der Waals surface area (Å²) in [6, 6.07) is 5.01. The summed E-state index contributed by atoms with van der Waals surface area (Å²) in [7, 11) is 1.72. The van der Waals surface area contributed by atoms with Crippen molar-refractivity contribution < 1.29 is 13.2 Å². The molecule has 0 radical (unpaired) electrons. The highest BCUT2D eigenvalue weighted by Crippen LogP contribution is 2.22. The van der Waals surface area contributed by atoms with Gasteiger partial charge in [0.05, 0.1) is 12.5 Å². The Morgan fingerprint density at radius 3 is 2.76 bits per heavy atom. The number of nitrogens with one attached hydrogen (secondary N) is 1. The fourth-order valence-corrected chi connectivity index (χ4v) is 1.79. The molecule has 2 rings (SSSR count). The van der Waals surface area contributed by atoms with Crippen LogP contribution in [0.1, 0.15) is 17.2 Å². The topological polar surface area (TPSA) is 25.2 Å². The highest BCUT2D eigenvalue weighted by atomic mass is 19.1. The third-order valence-corrected chi connectivity index (χ3v) is 2.70. The van der Waals surface area contributed by atoms with Gasteiger partial charge in [0, 0.05) is 11.6 Å². The van der Waals surface area contributed by atoms with Gasteiger partial charge in [-0.05, 0) is 43.3 Å². The molecule has 2 aromatic rings. The Bertz CT molecular complexity index is 482. The Morgan fingerprint density at radius 1 is 1.29 bits per heavy atom. The van der Waals surface area contributed by atoms with Crippen molar-refractivity contribution in [3.63, 3.8) is 0 Å². The van der Waals surface area contributed by atoms with E-state index in [1.54, 1.807) is 19.6 Å². The molecule has 1 atom stereocenters. The van der Waals surface area contributed by atoms with Crippen LogP contribution in [0, 0.1) is 11.6 Å². The third kappa shape index (κ3) is 2.71. The first kappa shape index (κ1) is 11.8. The molecule has 90 valence electrons. The lowest BCUT2D eigenvalue weighted by Crippen LogP contribution is -2.20. The largest absolute Gasteiger partial charge is 0.472 e. The quantitative estimate of drug-likeness (QED) is 0.884. The number of hydrogen-bond donors (Lipinski definition) is 1. The van der Waals surface area contributed by atoms with E-state index in [9.17, 15) is 8.78 Å². The molecular weight excluding hydrogens is 224 g/mol. The van der Waals surface area contributed by atoms with Crippen molar-refractivity contribution in [2.75, 3.05) is 7.05 Å². The normalized spacial score (nSPS) is 12.6. The van der Waals surface area contributed by atoms with E-state index in [-0.39, 0.29) is 6.04 Å². The molecule has 0 aliphatic carbocycles. The van der Waals surface area contributed by atoms with Gasteiger partial charge in [0.15, 0.2) is 0 Å². The third-order valence-electron chi connectivity index (χ3n) is 2.70. The summed E-state index contributed by atoms with van der Waals surface area (Å²) in [4.78, 5) is 0. The predicted molar refractivity (Wildman–Crippen MR) is 60.6 cm³/mol. The number of hydrogen-bond acceptors (Lipinski definition) is 2. The minimum atomic E-state index is -0.436. The van der Waals surface area contributed by atoms with Crippen molar-refractivity contribution in [1.82, 2.24) is 5.32 Å². The van der Waals surface area contributed by atoms with Gasteiger partial charge in [0.2, 0.25) is 0 Å². The monoisotopic (exact) mass is 237 g/mol. The van der Waals surface area contributed by atoms with Crippen LogP contribution in [0.4, 0.5) is 8.78 Å². The van der Waals surface area contributed by atoms with Gasteiger partial charge in [-0.25, -0.2) is 8.78 Å². The standard InChI is InChI=1S/C13H13F2NO/c1-16-13(6-9-4-5-17-8-9)11-7-10(14)2-3-12(11)15/h2-5,7-8,13,16H,6H2,1H3. The average Bonchev–Trinajstić information content (AvgIpc) is 2.82. The molecule has 17 heavy (non-hydrogen) atoms. The van der Waals surface area contributed by atoms with Crippen LogP contribution in [-0.2, 0) is 6.42 Å². The molecule has 0 saturated carbocycles. The lowest BCUT2D eigenvalue weighted by molar-refractivity contribution is 0.517. The van der Waals surface area contributed by atoms with Crippen molar-refractivity contribution in [3.8, 4) is 0 Å². The number of furan rings is 1. The van der Waals surface area contributed by atoms with Gasteiger partial charge in [0.25, 0.3) is 0 Å². The Kier molecular flexibility index (Phi) is 3.54. The highest BCUT2D eigenvalue weighted by Gasteiger charge is 2.15. The van der Waals surface area contributed by atoms with Crippen molar-refractivity contribution in [2.24, 2.45) is 0 Å². The predicted octanol–water partition coefficient (Wildman–Crippen LogP) is 3.06. The van der Waals surface area contributed by atoms with Crippen LogP contribution in [-0.4, -0.2) is 7.05 Å². The summed E-state index contributed by atoms with van der Waals surface area (Å²) in [6.07, 6.45) is 3.71. The van der Waals surface area contributed by atoms with Gasteiger partial charge in [-0.2, -0.15) is 0 Å².